The number of benzene rings is 2. The second-order valence-electron chi connectivity index (χ2n) is 7.51. The summed E-state index contributed by atoms with van der Waals surface area (Å²) in [5.41, 5.74) is 2.53. The largest absolute Gasteiger partial charge is 0.345 e. The Balaban J connectivity index is 1.76. The van der Waals surface area contributed by atoms with Gasteiger partial charge in [0.15, 0.2) is 5.82 Å². The Morgan fingerprint density at radius 2 is 1.76 bits per heavy atom. The van der Waals surface area contributed by atoms with E-state index in [1.165, 1.54) is 24.3 Å². The van der Waals surface area contributed by atoms with Crippen molar-refractivity contribution in [2.45, 2.75) is 18.2 Å². The highest BCUT2D eigenvalue weighted by molar-refractivity contribution is 7.93. The highest BCUT2D eigenvalue weighted by Crippen LogP contribution is 2.42. The van der Waals surface area contributed by atoms with Crippen LogP contribution in [0.15, 0.2) is 53.4 Å². The third-order valence-electron chi connectivity index (χ3n) is 5.04. The van der Waals surface area contributed by atoms with E-state index in [9.17, 15) is 22.8 Å². The molecule has 0 amide bonds. The molecule has 2 N–H and O–H groups in total. The molecule has 33 heavy (non-hydrogen) atoms. The molecule has 2 aromatic carbocycles. The fourth-order valence-corrected chi connectivity index (χ4v) is 7.00. The minimum Gasteiger partial charge on any atom is -0.324 e. The van der Waals surface area contributed by atoms with E-state index in [0.29, 0.717) is 23.1 Å². The first-order valence-corrected chi connectivity index (χ1v) is 13.7. The molecule has 4 rings (SSSR count). The van der Waals surface area contributed by atoms with Gasteiger partial charge in [-0.2, -0.15) is 5.10 Å². The minimum absolute atomic E-state index is 0.0843. The lowest BCUT2D eigenvalue weighted by atomic mass is 10.1. The van der Waals surface area contributed by atoms with Crippen molar-refractivity contribution in [3.8, 4) is 0 Å². The summed E-state index contributed by atoms with van der Waals surface area (Å²) in [4.78, 5) is 20.9. The van der Waals surface area contributed by atoms with Gasteiger partial charge in [-0.1, -0.05) is 23.2 Å². The third kappa shape index (κ3) is 5.16. The molecule has 1 aromatic heterocycles. The molecule has 0 saturated heterocycles. The van der Waals surface area contributed by atoms with E-state index < -0.39 is 23.9 Å². The molecule has 1 aliphatic heterocycles. The summed E-state index contributed by atoms with van der Waals surface area (Å²) in [5.74, 6) is 0.653. The first-order chi connectivity index (χ1) is 15.4. The van der Waals surface area contributed by atoms with Crippen molar-refractivity contribution in [3.63, 3.8) is 0 Å². The van der Waals surface area contributed by atoms with Gasteiger partial charge in [-0.25, -0.2) is 8.42 Å². The van der Waals surface area contributed by atoms with Crippen LogP contribution in [0.1, 0.15) is 11.3 Å². The van der Waals surface area contributed by atoms with Crippen molar-refractivity contribution in [2.24, 2.45) is 0 Å². The molecule has 0 atom stereocenters. The molecule has 2 heterocycles. The number of anilines is 3. The maximum absolute atomic E-state index is 13.4. The molecule has 0 radical (unpaired) electrons. The molecular formula is C20H19Cl2N4O5PS. The molecule has 13 heteroatoms. The highest BCUT2D eigenvalue weighted by atomic mass is 35.5. The van der Waals surface area contributed by atoms with Gasteiger partial charge in [0.2, 0.25) is 0 Å². The zero-order chi connectivity index (χ0) is 24.0. The highest BCUT2D eigenvalue weighted by Gasteiger charge is 2.33. The van der Waals surface area contributed by atoms with Crippen LogP contribution in [-0.2, 0) is 21.0 Å². The summed E-state index contributed by atoms with van der Waals surface area (Å²) in [6, 6.07) is 12.2. The second-order valence-corrected chi connectivity index (χ2v) is 11.9. The lowest BCUT2D eigenvalue weighted by Gasteiger charge is -2.26. The van der Waals surface area contributed by atoms with E-state index in [1.807, 2.05) is 24.0 Å². The van der Waals surface area contributed by atoms with Crippen LogP contribution in [0.25, 0.3) is 0 Å². The number of hydrogen-bond acceptors (Lipinski definition) is 6. The first-order valence-electron chi connectivity index (χ1n) is 9.68. The van der Waals surface area contributed by atoms with Gasteiger partial charge in [0.1, 0.15) is 6.29 Å². The number of aryl methyl sites for hydroxylation is 1. The molecule has 0 aliphatic carbocycles. The number of nitrogens with zero attached hydrogens (tertiary/aromatic N) is 4. The van der Waals surface area contributed by atoms with Crippen LogP contribution in [0.5, 0.6) is 0 Å². The number of sulfonamides is 1. The van der Waals surface area contributed by atoms with Gasteiger partial charge in [0, 0.05) is 22.3 Å². The second kappa shape index (κ2) is 8.87. The molecule has 3 aromatic rings. The average Bonchev–Trinajstić information content (AvgIpc) is 3.14. The lowest BCUT2D eigenvalue weighted by Crippen LogP contribution is -2.32. The smallest absolute Gasteiger partial charge is 0.324 e. The number of aromatic nitrogens is 2. The monoisotopic (exact) mass is 528 g/mol. The number of halogens is 2. The molecule has 9 nitrogen and oxygen atoms in total. The summed E-state index contributed by atoms with van der Waals surface area (Å²) in [5, 5.41) is 8.45. The van der Waals surface area contributed by atoms with Gasteiger partial charge in [-0.3, -0.25) is 8.87 Å². The van der Waals surface area contributed by atoms with Crippen molar-refractivity contribution in [1.29, 1.82) is 0 Å². The molecule has 174 valence electrons. The Labute approximate surface area is 200 Å². The summed E-state index contributed by atoms with van der Waals surface area (Å²) in [6.07, 6.45) is -0.447. The molecule has 1 aliphatic rings. The standard InChI is InChI=1S/C20H19Cl2N4O5PS/c1-13-2-5-20(24-23-13)25-7-6-14-8-17(3-4-19(14)25)26(12-32(27,28)29)33(30,31)18-10-15(21)9-16(22)11-18/h2-5,8-11H,6-7,12H2,1H3,(H2,27,28,29). The SMILES string of the molecule is Cc1ccc(N2CCc3cc(N(CP(=O)(O)O)S(=O)(=O)c4cc(Cl)cc(Cl)c4)ccc32)nn1. The van der Waals surface area contributed by atoms with Gasteiger partial charge in [0.25, 0.3) is 10.0 Å². The molecular weight excluding hydrogens is 510 g/mol. The Kier molecular flexibility index (Phi) is 6.43. The van der Waals surface area contributed by atoms with Gasteiger partial charge < -0.3 is 14.7 Å². The van der Waals surface area contributed by atoms with Crippen molar-refractivity contribution in [2.75, 3.05) is 22.0 Å². The van der Waals surface area contributed by atoms with E-state index >= 15 is 0 Å². The van der Waals surface area contributed by atoms with Crippen molar-refractivity contribution < 1.29 is 22.8 Å². The minimum atomic E-state index is -4.76. The van der Waals surface area contributed by atoms with Crippen LogP contribution >= 0.6 is 30.8 Å². The fourth-order valence-electron chi connectivity index (χ4n) is 3.59. The average molecular weight is 529 g/mol. The van der Waals surface area contributed by atoms with Crippen LogP contribution in [0.2, 0.25) is 10.0 Å². The van der Waals surface area contributed by atoms with Crippen LogP contribution in [0, 0.1) is 6.92 Å². The molecule has 0 fully saturated rings. The zero-order valence-corrected chi connectivity index (χ0v) is 20.5. The molecule has 0 bridgehead atoms. The third-order valence-corrected chi connectivity index (χ3v) is 8.07. The van der Waals surface area contributed by atoms with Gasteiger partial charge in [-0.15, -0.1) is 5.10 Å². The number of hydrogen-bond donors (Lipinski definition) is 2. The van der Waals surface area contributed by atoms with E-state index in [2.05, 4.69) is 10.2 Å². The van der Waals surface area contributed by atoms with E-state index in [4.69, 9.17) is 23.2 Å². The van der Waals surface area contributed by atoms with Crippen molar-refractivity contribution in [1.82, 2.24) is 10.2 Å². The van der Waals surface area contributed by atoms with Crippen molar-refractivity contribution in [3.05, 3.63) is 69.8 Å². The van der Waals surface area contributed by atoms with Crippen LogP contribution in [0.4, 0.5) is 17.2 Å². The predicted molar refractivity (Wildman–Crippen MR) is 127 cm³/mol. The maximum atomic E-state index is 13.4. The lowest BCUT2D eigenvalue weighted by molar-refractivity contribution is 0.373. The Bertz CT molecular complexity index is 1350. The Morgan fingerprint density at radius 1 is 1.06 bits per heavy atom. The Morgan fingerprint density at radius 3 is 2.36 bits per heavy atom. The maximum Gasteiger partial charge on any atom is 0.345 e. The first kappa shape index (κ1) is 23.9. The van der Waals surface area contributed by atoms with E-state index in [-0.39, 0.29) is 20.6 Å². The number of fused-ring (bicyclic) bond motifs is 1. The molecule has 0 saturated carbocycles. The number of rotatable bonds is 6. The van der Waals surface area contributed by atoms with E-state index in [0.717, 1.165) is 16.9 Å². The fraction of sp³-hybridized carbons (Fsp3) is 0.200. The normalized spacial score (nSPS) is 13.8. The molecule has 0 unspecified atom stereocenters. The van der Waals surface area contributed by atoms with Gasteiger partial charge >= 0.3 is 7.60 Å². The predicted octanol–water partition coefficient (Wildman–Crippen LogP) is 4.12. The molecule has 0 spiro atoms. The van der Waals surface area contributed by atoms with Crippen LogP contribution < -0.4 is 9.21 Å². The van der Waals surface area contributed by atoms with Crippen molar-refractivity contribution >= 4 is 58.0 Å². The van der Waals surface area contributed by atoms with Crippen LogP contribution in [-0.4, -0.2) is 41.2 Å². The summed E-state index contributed by atoms with van der Waals surface area (Å²) < 4.78 is 39.3. The van der Waals surface area contributed by atoms with Crippen LogP contribution in [0.3, 0.4) is 0 Å². The van der Waals surface area contributed by atoms with Gasteiger partial charge in [0.05, 0.1) is 16.3 Å². The van der Waals surface area contributed by atoms with E-state index in [1.54, 1.807) is 12.1 Å². The van der Waals surface area contributed by atoms with Gasteiger partial charge in [-0.05, 0) is 67.4 Å². The quantitative estimate of drug-likeness (QED) is 0.458. The topological polar surface area (TPSA) is 124 Å². The summed E-state index contributed by atoms with van der Waals surface area (Å²) in [6.45, 7) is 2.44. The summed E-state index contributed by atoms with van der Waals surface area (Å²) >= 11 is 11.9. The summed E-state index contributed by atoms with van der Waals surface area (Å²) in [7, 11) is -9.14. The Hall–Kier alpha value is -2.20. The zero-order valence-electron chi connectivity index (χ0n) is 17.3.